The number of benzene rings is 1. The minimum absolute atomic E-state index is 0.788. The van der Waals surface area contributed by atoms with Crippen LogP contribution in [0.15, 0.2) is 30.5 Å². The number of aromatic nitrogens is 2. The van der Waals surface area contributed by atoms with E-state index in [-0.39, 0.29) is 0 Å². The van der Waals surface area contributed by atoms with E-state index in [1.807, 2.05) is 27.1 Å². The average Bonchev–Trinajstić information content (AvgIpc) is 2.47. The van der Waals surface area contributed by atoms with Gasteiger partial charge in [0.25, 0.3) is 0 Å². The summed E-state index contributed by atoms with van der Waals surface area (Å²) in [4.78, 5) is 8.59. The lowest BCUT2D eigenvalue weighted by Crippen LogP contribution is -2.09. The minimum Gasteiger partial charge on any atom is -0.493 e. The standard InChI is InChI=1S/C14H14N2O.C2H7N/c1-10-15-8-7-13(16-10)12-6-2-4-11-5-3-9-17-14(11)12;1-3-2/h2,4,6-8H,3,5,9H2,1H3;3H,1-2H3. The number of fused-ring (bicyclic) bond motifs is 1. The highest BCUT2D eigenvalue weighted by atomic mass is 16.5. The number of hydrogen-bond donors (Lipinski definition) is 1. The molecule has 0 aliphatic carbocycles. The zero-order valence-electron chi connectivity index (χ0n) is 12.3. The molecule has 0 bridgehead atoms. The summed E-state index contributed by atoms with van der Waals surface area (Å²) in [5.74, 6) is 1.78. The second-order valence-electron chi connectivity index (χ2n) is 4.73. The van der Waals surface area contributed by atoms with Gasteiger partial charge in [-0.1, -0.05) is 12.1 Å². The number of hydrogen-bond acceptors (Lipinski definition) is 4. The maximum absolute atomic E-state index is 5.79. The predicted octanol–water partition coefficient (Wildman–Crippen LogP) is 2.61. The molecular weight excluding hydrogens is 250 g/mol. The Morgan fingerprint density at radius 2 is 2.00 bits per heavy atom. The van der Waals surface area contributed by atoms with Crippen molar-refractivity contribution in [2.45, 2.75) is 19.8 Å². The molecule has 0 saturated heterocycles. The van der Waals surface area contributed by atoms with Gasteiger partial charge in [-0.05, 0) is 51.6 Å². The Morgan fingerprint density at radius 1 is 1.20 bits per heavy atom. The fourth-order valence-corrected chi connectivity index (χ4v) is 2.20. The van der Waals surface area contributed by atoms with Gasteiger partial charge in [0.2, 0.25) is 0 Å². The van der Waals surface area contributed by atoms with Crippen molar-refractivity contribution < 1.29 is 4.74 Å². The molecule has 2 heterocycles. The third kappa shape index (κ3) is 3.33. The lowest BCUT2D eigenvalue weighted by Gasteiger charge is -2.20. The molecule has 0 atom stereocenters. The first-order valence-corrected chi connectivity index (χ1v) is 6.89. The van der Waals surface area contributed by atoms with Crippen LogP contribution in [0, 0.1) is 6.92 Å². The van der Waals surface area contributed by atoms with Crippen LogP contribution in [0.5, 0.6) is 5.75 Å². The Kier molecular flexibility index (Phi) is 5.07. The Balaban J connectivity index is 0.000000452. The van der Waals surface area contributed by atoms with Crippen LogP contribution < -0.4 is 10.1 Å². The summed E-state index contributed by atoms with van der Waals surface area (Å²) in [5.41, 5.74) is 3.30. The average molecular weight is 271 g/mol. The van der Waals surface area contributed by atoms with Crippen LogP contribution in [-0.4, -0.2) is 30.7 Å². The molecule has 1 N–H and O–H groups in total. The van der Waals surface area contributed by atoms with E-state index in [4.69, 9.17) is 4.74 Å². The van der Waals surface area contributed by atoms with E-state index in [1.54, 1.807) is 6.20 Å². The highest BCUT2D eigenvalue weighted by Gasteiger charge is 2.16. The SMILES string of the molecule is CNC.Cc1nccc(-c2cccc3c2OCCC3)n1. The van der Waals surface area contributed by atoms with Crippen molar-refractivity contribution in [2.75, 3.05) is 20.7 Å². The molecule has 20 heavy (non-hydrogen) atoms. The molecule has 1 aliphatic heterocycles. The Bertz CT molecular complexity index is 569. The monoisotopic (exact) mass is 271 g/mol. The number of rotatable bonds is 1. The minimum atomic E-state index is 0.788. The van der Waals surface area contributed by atoms with Crippen molar-refractivity contribution in [2.24, 2.45) is 0 Å². The van der Waals surface area contributed by atoms with Gasteiger partial charge in [0, 0.05) is 11.8 Å². The third-order valence-corrected chi connectivity index (χ3v) is 2.99. The van der Waals surface area contributed by atoms with E-state index >= 15 is 0 Å². The Labute approximate surface area is 120 Å². The number of para-hydroxylation sites is 1. The Hall–Kier alpha value is -1.94. The van der Waals surface area contributed by atoms with E-state index in [2.05, 4.69) is 33.5 Å². The normalized spacial score (nSPS) is 12.8. The maximum Gasteiger partial charge on any atom is 0.131 e. The molecule has 4 heteroatoms. The van der Waals surface area contributed by atoms with Gasteiger partial charge in [0.15, 0.2) is 0 Å². The highest BCUT2D eigenvalue weighted by molar-refractivity contribution is 5.69. The van der Waals surface area contributed by atoms with Crippen LogP contribution in [0.3, 0.4) is 0 Å². The molecule has 3 rings (SSSR count). The van der Waals surface area contributed by atoms with Crippen molar-refractivity contribution in [3.63, 3.8) is 0 Å². The summed E-state index contributed by atoms with van der Waals surface area (Å²) in [6.07, 6.45) is 3.98. The quantitative estimate of drug-likeness (QED) is 0.866. The fourth-order valence-electron chi connectivity index (χ4n) is 2.20. The lowest BCUT2D eigenvalue weighted by molar-refractivity contribution is 0.289. The molecule has 0 spiro atoms. The van der Waals surface area contributed by atoms with Crippen LogP contribution in [-0.2, 0) is 6.42 Å². The first kappa shape index (κ1) is 14.5. The molecule has 2 aromatic rings. The molecular formula is C16H21N3O. The van der Waals surface area contributed by atoms with Crippen LogP contribution in [0.2, 0.25) is 0 Å². The molecule has 0 fully saturated rings. The van der Waals surface area contributed by atoms with Gasteiger partial charge in [-0.15, -0.1) is 0 Å². The summed E-state index contributed by atoms with van der Waals surface area (Å²) in [7, 11) is 3.75. The van der Waals surface area contributed by atoms with Gasteiger partial charge in [-0.3, -0.25) is 0 Å². The van der Waals surface area contributed by atoms with E-state index in [1.165, 1.54) is 5.56 Å². The van der Waals surface area contributed by atoms with E-state index in [9.17, 15) is 0 Å². The Morgan fingerprint density at radius 3 is 2.75 bits per heavy atom. The summed E-state index contributed by atoms with van der Waals surface area (Å²) >= 11 is 0. The second-order valence-corrected chi connectivity index (χ2v) is 4.73. The summed E-state index contributed by atoms with van der Waals surface area (Å²) in [6.45, 7) is 2.70. The topological polar surface area (TPSA) is 47.0 Å². The summed E-state index contributed by atoms with van der Waals surface area (Å²) < 4.78 is 5.79. The smallest absolute Gasteiger partial charge is 0.131 e. The van der Waals surface area contributed by atoms with Crippen LogP contribution >= 0.6 is 0 Å². The van der Waals surface area contributed by atoms with E-state index < -0.39 is 0 Å². The van der Waals surface area contributed by atoms with Gasteiger partial charge in [0.05, 0.1) is 12.3 Å². The van der Waals surface area contributed by atoms with Gasteiger partial charge < -0.3 is 10.1 Å². The second kappa shape index (κ2) is 7.01. The molecule has 0 saturated carbocycles. The first-order chi connectivity index (χ1) is 9.76. The van der Waals surface area contributed by atoms with Gasteiger partial charge in [-0.2, -0.15) is 0 Å². The predicted molar refractivity (Wildman–Crippen MR) is 81.0 cm³/mol. The van der Waals surface area contributed by atoms with Crippen molar-refractivity contribution in [1.29, 1.82) is 0 Å². The van der Waals surface area contributed by atoms with Gasteiger partial charge in [0.1, 0.15) is 11.6 Å². The fraction of sp³-hybridized carbons (Fsp3) is 0.375. The van der Waals surface area contributed by atoms with E-state index in [0.29, 0.717) is 0 Å². The molecule has 0 amide bonds. The zero-order valence-corrected chi connectivity index (χ0v) is 12.3. The molecule has 106 valence electrons. The van der Waals surface area contributed by atoms with Crippen molar-refractivity contribution in [3.8, 4) is 17.0 Å². The van der Waals surface area contributed by atoms with Crippen molar-refractivity contribution >= 4 is 0 Å². The van der Waals surface area contributed by atoms with Crippen LogP contribution in [0.4, 0.5) is 0 Å². The lowest BCUT2D eigenvalue weighted by atomic mass is 10.0. The van der Waals surface area contributed by atoms with E-state index in [0.717, 1.165) is 42.3 Å². The third-order valence-electron chi connectivity index (χ3n) is 2.99. The van der Waals surface area contributed by atoms with Crippen molar-refractivity contribution in [1.82, 2.24) is 15.3 Å². The summed E-state index contributed by atoms with van der Waals surface area (Å²) in [5, 5.41) is 2.75. The molecule has 1 aromatic heterocycles. The maximum atomic E-state index is 5.79. The molecule has 0 radical (unpaired) electrons. The largest absolute Gasteiger partial charge is 0.493 e. The number of nitrogens with one attached hydrogen (secondary N) is 1. The van der Waals surface area contributed by atoms with Crippen molar-refractivity contribution in [3.05, 3.63) is 41.9 Å². The number of aryl methyl sites for hydroxylation is 2. The van der Waals surface area contributed by atoms with Crippen LogP contribution in [0.25, 0.3) is 11.3 Å². The number of nitrogens with zero attached hydrogens (tertiary/aromatic N) is 2. The highest BCUT2D eigenvalue weighted by Crippen LogP contribution is 2.34. The number of ether oxygens (including phenoxy) is 1. The van der Waals surface area contributed by atoms with Gasteiger partial charge in [-0.25, -0.2) is 9.97 Å². The van der Waals surface area contributed by atoms with Gasteiger partial charge >= 0.3 is 0 Å². The first-order valence-electron chi connectivity index (χ1n) is 6.89. The molecule has 1 aliphatic rings. The summed E-state index contributed by atoms with van der Waals surface area (Å²) in [6, 6.07) is 8.19. The van der Waals surface area contributed by atoms with Crippen LogP contribution in [0.1, 0.15) is 17.8 Å². The molecule has 1 aromatic carbocycles. The molecule has 4 nitrogen and oxygen atoms in total. The zero-order chi connectivity index (χ0) is 14.4. The molecule has 0 unspecified atom stereocenters.